The Morgan fingerprint density at radius 1 is 1.31 bits per heavy atom. The highest BCUT2D eigenvalue weighted by atomic mass is 35.5. The number of hydrogen-bond donors (Lipinski definition) is 1. The first-order chi connectivity index (χ1) is 7.65. The van der Waals surface area contributed by atoms with Gasteiger partial charge in [-0.15, -0.1) is 0 Å². The molecule has 0 saturated heterocycles. The van der Waals surface area contributed by atoms with E-state index in [2.05, 4.69) is 19.9 Å². The van der Waals surface area contributed by atoms with Gasteiger partial charge in [0.15, 0.2) is 0 Å². The predicted molar refractivity (Wildman–Crippen MR) is 67.8 cm³/mol. The zero-order valence-electron chi connectivity index (χ0n) is 9.91. The lowest BCUT2D eigenvalue weighted by atomic mass is 9.53. The van der Waals surface area contributed by atoms with Gasteiger partial charge in [0.1, 0.15) is 0 Å². The molecule has 0 heterocycles. The molecule has 0 aliphatic heterocycles. The summed E-state index contributed by atoms with van der Waals surface area (Å²) in [4.78, 5) is 0. The summed E-state index contributed by atoms with van der Waals surface area (Å²) < 4.78 is 0. The van der Waals surface area contributed by atoms with Gasteiger partial charge in [0, 0.05) is 10.4 Å². The molecular weight excluding hydrogens is 220 g/mol. The molecule has 0 bridgehead atoms. The zero-order valence-corrected chi connectivity index (χ0v) is 10.7. The van der Waals surface area contributed by atoms with Crippen molar-refractivity contribution in [1.29, 1.82) is 0 Å². The summed E-state index contributed by atoms with van der Waals surface area (Å²) in [5.74, 6) is 0.422. The minimum atomic E-state index is -0.163. The average molecular weight is 239 g/mol. The largest absolute Gasteiger partial charge is 0.393 e. The summed E-state index contributed by atoms with van der Waals surface area (Å²) in [5.41, 5.74) is 1.25. The average Bonchev–Trinajstić information content (AvgIpc) is 2.29. The van der Waals surface area contributed by atoms with E-state index in [1.54, 1.807) is 0 Å². The highest BCUT2D eigenvalue weighted by Crippen LogP contribution is 2.58. The van der Waals surface area contributed by atoms with Crippen molar-refractivity contribution >= 4 is 11.6 Å². The van der Waals surface area contributed by atoms with Crippen LogP contribution in [0.4, 0.5) is 0 Å². The van der Waals surface area contributed by atoms with E-state index >= 15 is 0 Å². The maximum Gasteiger partial charge on any atom is 0.0608 e. The van der Waals surface area contributed by atoms with Crippen LogP contribution in [0.25, 0.3) is 0 Å². The molecule has 0 aromatic heterocycles. The van der Waals surface area contributed by atoms with Gasteiger partial charge in [0.2, 0.25) is 0 Å². The fourth-order valence-electron chi connectivity index (χ4n) is 3.17. The first-order valence-electron chi connectivity index (χ1n) is 6.08. The first kappa shape index (κ1) is 11.9. The second-order valence-electron chi connectivity index (χ2n) is 4.77. The maximum atomic E-state index is 10.0. The summed E-state index contributed by atoms with van der Waals surface area (Å²) in [5, 5.41) is 10.9. The van der Waals surface area contributed by atoms with Gasteiger partial charge >= 0.3 is 0 Å². The highest BCUT2D eigenvalue weighted by Gasteiger charge is 2.52. The third-order valence-electron chi connectivity index (χ3n) is 4.41. The van der Waals surface area contributed by atoms with Crippen molar-refractivity contribution in [3.8, 4) is 0 Å². The minimum absolute atomic E-state index is 0.0466. The normalized spacial score (nSPS) is 27.5. The molecule has 16 heavy (non-hydrogen) atoms. The second kappa shape index (κ2) is 4.38. The Morgan fingerprint density at radius 2 is 1.94 bits per heavy atom. The van der Waals surface area contributed by atoms with Crippen molar-refractivity contribution in [3.63, 3.8) is 0 Å². The first-order valence-corrected chi connectivity index (χ1v) is 6.46. The van der Waals surface area contributed by atoms with Gasteiger partial charge in [-0.05, 0) is 36.8 Å². The quantitative estimate of drug-likeness (QED) is 0.844. The fourth-order valence-corrected chi connectivity index (χ4v) is 3.44. The molecule has 1 saturated carbocycles. The summed E-state index contributed by atoms with van der Waals surface area (Å²) >= 11 is 6.24. The number of aliphatic hydroxyl groups is 1. The van der Waals surface area contributed by atoms with E-state index < -0.39 is 0 Å². The SMILES string of the molecule is CCC1(CC)C(O)CC1c1ccccc1Cl. The third-order valence-corrected chi connectivity index (χ3v) is 4.76. The van der Waals surface area contributed by atoms with Crippen molar-refractivity contribution in [2.24, 2.45) is 5.41 Å². The van der Waals surface area contributed by atoms with Gasteiger partial charge in [-0.3, -0.25) is 0 Å². The monoisotopic (exact) mass is 238 g/mol. The van der Waals surface area contributed by atoms with Crippen LogP contribution in [0.3, 0.4) is 0 Å². The Kier molecular flexibility index (Phi) is 3.27. The van der Waals surface area contributed by atoms with E-state index in [4.69, 9.17) is 11.6 Å². The Bertz CT molecular complexity index is 371. The number of halogens is 1. The lowest BCUT2D eigenvalue weighted by Crippen LogP contribution is -2.51. The number of hydrogen-bond acceptors (Lipinski definition) is 1. The smallest absolute Gasteiger partial charge is 0.0608 e. The fraction of sp³-hybridized carbons (Fsp3) is 0.571. The van der Waals surface area contributed by atoms with E-state index in [9.17, 15) is 5.11 Å². The molecule has 2 atom stereocenters. The third kappa shape index (κ3) is 1.57. The Morgan fingerprint density at radius 3 is 2.44 bits per heavy atom. The molecule has 1 aliphatic carbocycles. The summed E-state index contributed by atoms with van der Waals surface area (Å²) in [6.45, 7) is 4.32. The van der Waals surface area contributed by atoms with Crippen LogP contribution in [0.2, 0.25) is 5.02 Å². The number of rotatable bonds is 3. The Balaban J connectivity index is 2.33. The van der Waals surface area contributed by atoms with Crippen molar-refractivity contribution in [3.05, 3.63) is 34.9 Å². The van der Waals surface area contributed by atoms with Crippen LogP contribution in [0.5, 0.6) is 0 Å². The molecule has 0 amide bonds. The molecule has 2 heteroatoms. The van der Waals surface area contributed by atoms with Crippen LogP contribution in [-0.2, 0) is 0 Å². The highest BCUT2D eigenvalue weighted by molar-refractivity contribution is 6.31. The van der Waals surface area contributed by atoms with E-state index in [-0.39, 0.29) is 11.5 Å². The van der Waals surface area contributed by atoms with E-state index in [1.165, 1.54) is 5.56 Å². The predicted octanol–water partition coefficient (Wildman–Crippen LogP) is 3.99. The van der Waals surface area contributed by atoms with E-state index in [0.29, 0.717) is 5.92 Å². The summed E-state index contributed by atoms with van der Waals surface area (Å²) in [7, 11) is 0. The molecule has 1 N–H and O–H groups in total. The van der Waals surface area contributed by atoms with Gasteiger partial charge in [-0.25, -0.2) is 0 Å². The molecule has 1 aromatic rings. The van der Waals surface area contributed by atoms with Crippen molar-refractivity contribution < 1.29 is 5.11 Å². The van der Waals surface area contributed by atoms with Crippen molar-refractivity contribution in [1.82, 2.24) is 0 Å². The van der Waals surface area contributed by atoms with Crippen LogP contribution in [0.1, 0.15) is 44.6 Å². The summed E-state index contributed by atoms with van der Waals surface area (Å²) in [6, 6.07) is 8.03. The number of aliphatic hydroxyl groups excluding tert-OH is 1. The lowest BCUT2D eigenvalue weighted by Gasteiger charge is -2.54. The van der Waals surface area contributed by atoms with Crippen LogP contribution in [-0.4, -0.2) is 11.2 Å². The zero-order chi connectivity index (χ0) is 11.8. The van der Waals surface area contributed by atoms with E-state index in [0.717, 1.165) is 24.3 Å². The van der Waals surface area contributed by atoms with Gasteiger partial charge in [0.05, 0.1) is 6.10 Å². The molecular formula is C14H19ClO. The van der Waals surface area contributed by atoms with Crippen LogP contribution in [0.15, 0.2) is 24.3 Å². The minimum Gasteiger partial charge on any atom is -0.393 e. The second-order valence-corrected chi connectivity index (χ2v) is 5.17. The maximum absolute atomic E-state index is 10.0. The molecule has 1 aromatic carbocycles. The summed E-state index contributed by atoms with van der Waals surface area (Å²) in [6.07, 6.45) is 2.72. The molecule has 1 nitrogen and oxygen atoms in total. The van der Waals surface area contributed by atoms with E-state index in [1.807, 2.05) is 18.2 Å². The number of benzene rings is 1. The molecule has 1 aliphatic rings. The van der Waals surface area contributed by atoms with Gasteiger partial charge in [-0.2, -0.15) is 0 Å². The Hall–Kier alpha value is -0.530. The van der Waals surface area contributed by atoms with Gasteiger partial charge in [-0.1, -0.05) is 43.6 Å². The van der Waals surface area contributed by atoms with Crippen molar-refractivity contribution in [2.45, 2.75) is 45.1 Å². The molecule has 2 unspecified atom stereocenters. The Labute approximate surface area is 102 Å². The van der Waals surface area contributed by atoms with Gasteiger partial charge < -0.3 is 5.11 Å². The molecule has 1 fully saturated rings. The van der Waals surface area contributed by atoms with Crippen LogP contribution in [0, 0.1) is 5.41 Å². The standard InChI is InChI=1S/C14H19ClO/c1-3-14(4-2)11(9-13(14)16)10-7-5-6-8-12(10)15/h5-8,11,13,16H,3-4,9H2,1-2H3. The molecule has 2 rings (SSSR count). The van der Waals surface area contributed by atoms with Crippen LogP contribution < -0.4 is 0 Å². The molecule has 88 valence electrons. The molecule has 0 radical (unpaired) electrons. The van der Waals surface area contributed by atoms with Crippen LogP contribution >= 0.6 is 11.6 Å². The van der Waals surface area contributed by atoms with Crippen molar-refractivity contribution in [2.75, 3.05) is 0 Å². The topological polar surface area (TPSA) is 20.2 Å². The lowest BCUT2D eigenvalue weighted by molar-refractivity contribution is -0.0931. The van der Waals surface area contributed by atoms with Gasteiger partial charge in [0.25, 0.3) is 0 Å². The molecule has 0 spiro atoms.